The van der Waals surface area contributed by atoms with E-state index in [-0.39, 0.29) is 5.78 Å². The van der Waals surface area contributed by atoms with Gasteiger partial charge in [-0.3, -0.25) is 4.79 Å². The first-order valence-corrected chi connectivity index (χ1v) is 6.79. The number of methoxy groups -OCH3 is 1. The summed E-state index contributed by atoms with van der Waals surface area (Å²) < 4.78 is 11.3. The van der Waals surface area contributed by atoms with Gasteiger partial charge in [-0.25, -0.2) is 0 Å². The molecule has 0 bridgehead atoms. The summed E-state index contributed by atoms with van der Waals surface area (Å²) in [5.41, 5.74) is 1.17. The highest BCUT2D eigenvalue weighted by atomic mass is 35.5. The molecule has 3 nitrogen and oxygen atoms in total. The van der Waals surface area contributed by atoms with Gasteiger partial charge in [-0.05, 0) is 24.3 Å². The average Bonchev–Trinajstić information content (AvgIpc) is 3.02. The molecular weight excluding hydrogens is 284 g/mol. The number of hydrogen-bond acceptors (Lipinski definition) is 4. The van der Waals surface area contributed by atoms with Gasteiger partial charge in [0.25, 0.3) is 0 Å². The van der Waals surface area contributed by atoms with Crippen LogP contribution in [0.2, 0.25) is 4.34 Å². The van der Waals surface area contributed by atoms with Crippen molar-refractivity contribution in [2.45, 2.75) is 0 Å². The predicted molar refractivity (Wildman–Crippen MR) is 75.5 cm³/mol. The van der Waals surface area contributed by atoms with Crippen molar-refractivity contribution in [1.82, 2.24) is 0 Å². The molecule has 2 heterocycles. The molecule has 0 aliphatic rings. The molecule has 0 N–H and O–H groups in total. The van der Waals surface area contributed by atoms with E-state index >= 15 is 0 Å². The number of ketones is 1. The lowest BCUT2D eigenvalue weighted by Crippen LogP contribution is -1.96. The number of furan rings is 1. The number of carbonyl (C=O) groups is 1. The minimum Gasteiger partial charge on any atom is -0.497 e. The first-order chi connectivity index (χ1) is 9.17. The second-order valence-electron chi connectivity index (χ2n) is 3.98. The molecule has 0 amide bonds. The highest BCUT2D eigenvalue weighted by Gasteiger charge is 2.16. The van der Waals surface area contributed by atoms with Crippen LogP contribution in [0.1, 0.15) is 16.1 Å². The highest BCUT2D eigenvalue weighted by Crippen LogP contribution is 2.27. The van der Waals surface area contributed by atoms with Crippen LogP contribution in [0.25, 0.3) is 11.0 Å². The van der Waals surface area contributed by atoms with Gasteiger partial charge in [-0.15, -0.1) is 11.3 Å². The zero-order chi connectivity index (χ0) is 13.4. The molecular formula is C14H9ClO3S. The van der Waals surface area contributed by atoms with Gasteiger partial charge in [0.1, 0.15) is 11.3 Å². The van der Waals surface area contributed by atoms with Crippen LogP contribution in [0.15, 0.2) is 40.1 Å². The number of fused-ring (bicyclic) bond motifs is 1. The Morgan fingerprint density at radius 3 is 2.84 bits per heavy atom. The van der Waals surface area contributed by atoms with Crippen molar-refractivity contribution in [2.75, 3.05) is 7.11 Å². The van der Waals surface area contributed by atoms with Crippen molar-refractivity contribution in [2.24, 2.45) is 0 Å². The fourth-order valence-electron chi connectivity index (χ4n) is 1.82. The lowest BCUT2D eigenvalue weighted by atomic mass is 10.1. The van der Waals surface area contributed by atoms with Gasteiger partial charge in [-0.1, -0.05) is 11.6 Å². The maximum atomic E-state index is 12.2. The molecule has 19 heavy (non-hydrogen) atoms. The zero-order valence-corrected chi connectivity index (χ0v) is 11.5. The van der Waals surface area contributed by atoms with Gasteiger partial charge in [0, 0.05) is 22.4 Å². The van der Waals surface area contributed by atoms with E-state index in [1.165, 1.54) is 11.3 Å². The van der Waals surface area contributed by atoms with E-state index in [4.69, 9.17) is 20.8 Å². The molecule has 0 radical (unpaired) electrons. The molecule has 1 aromatic carbocycles. The van der Waals surface area contributed by atoms with Crippen LogP contribution in [0, 0.1) is 0 Å². The molecule has 3 aromatic rings. The minimum absolute atomic E-state index is 0.168. The fraction of sp³-hybridized carbons (Fsp3) is 0.0714. The number of rotatable bonds is 3. The van der Waals surface area contributed by atoms with E-state index in [2.05, 4.69) is 0 Å². The molecule has 3 rings (SSSR count). The Balaban J connectivity index is 2.03. The average molecular weight is 293 g/mol. The number of ether oxygens (including phenoxy) is 1. The van der Waals surface area contributed by atoms with E-state index in [1.807, 2.05) is 12.1 Å². The van der Waals surface area contributed by atoms with Crippen LogP contribution in [0.4, 0.5) is 0 Å². The van der Waals surface area contributed by atoms with Gasteiger partial charge in [-0.2, -0.15) is 0 Å². The first-order valence-electron chi connectivity index (χ1n) is 5.53. The standard InChI is InChI=1S/C14H9ClO3S/c1-17-10-3-2-8-4-12(18-11(8)6-10)14(16)9-5-13(15)19-7-9/h2-7H,1H3. The Morgan fingerprint density at radius 2 is 2.16 bits per heavy atom. The SMILES string of the molecule is COc1ccc2cc(C(=O)c3csc(Cl)c3)oc2c1. The van der Waals surface area contributed by atoms with Crippen molar-refractivity contribution >= 4 is 39.7 Å². The molecule has 0 atom stereocenters. The normalized spacial score (nSPS) is 10.8. The number of benzene rings is 1. The molecule has 0 aliphatic heterocycles. The lowest BCUT2D eigenvalue weighted by molar-refractivity contribution is 0.101. The Bertz CT molecular complexity index is 757. The molecule has 0 fully saturated rings. The first kappa shape index (κ1) is 12.3. The largest absolute Gasteiger partial charge is 0.497 e. The van der Waals surface area contributed by atoms with Gasteiger partial charge in [0.15, 0.2) is 5.76 Å². The van der Waals surface area contributed by atoms with Crippen LogP contribution >= 0.6 is 22.9 Å². The fourth-order valence-corrected chi connectivity index (χ4v) is 2.68. The van der Waals surface area contributed by atoms with Crippen LogP contribution < -0.4 is 4.74 Å². The molecule has 0 saturated heterocycles. The second kappa shape index (κ2) is 4.72. The number of thiophene rings is 1. The van der Waals surface area contributed by atoms with Crippen molar-refractivity contribution < 1.29 is 13.9 Å². The third-order valence-electron chi connectivity index (χ3n) is 2.78. The van der Waals surface area contributed by atoms with Crippen LogP contribution in [0.3, 0.4) is 0 Å². The molecule has 0 saturated carbocycles. The quantitative estimate of drug-likeness (QED) is 0.672. The Morgan fingerprint density at radius 1 is 1.32 bits per heavy atom. The summed E-state index contributed by atoms with van der Waals surface area (Å²) >= 11 is 7.15. The minimum atomic E-state index is -0.168. The lowest BCUT2D eigenvalue weighted by Gasteiger charge is -1.96. The predicted octanol–water partition coefficient (Wildman–Crippen LogP) is 4.39. The molecule has 0 unspecified atom stereocenters. The Hall–Kier alpha value is -1.78. The molecule has 0 aliphatic carbocycles. The summed E-state index contributed by atoms with van der Waals surface area (Å²) in [6.45, 7) is 0. The summed E-state index contributed by atoms with van der Waals surface area (Å²) in [6, 6.07) is 8.81. The van der Waals surface area contributed by atoms with Gasteiger partial charge < -0.3 is 9.15 Å². The monoisotopic (exact) mass is 292 g/mol. The third-order valence-corrected chi connectivity index (χ3v) is 3.87. The Kier molecular flexibility index (Phi) is 3.05. The van der Waals surface area contributed by atoms with E-state index in [9.17, 15) is 4.79 Å². The topological polar surface area (TPSA) is 39.4 Å². The highest BCUT2D eigenvalue weighted by molar-refractivity contribution is 7.14. The van der Waals surface area contributed by atoms with Crippen molar-refractivity contribution in [3.8, 4) is 5.75 Å². The summed E-state index contributed by atoms with van der Waals surface area (Å²) in [5, 5.41) is 2.59. The molecule has 96 valence electrons. The Labute approximate surface area is 118 Å². The van der Waals surface area contributed by atoms with E-state index < -0.39 is 0 Å². The molecule has 0 spiro atoms. The van der Waals surface area contributed by atoms with E-state index in [0.29, 0.717) is 27.0 Å². The summed E-state index contributed by atoms with van der Waals surface area (Å²) in [5.74, 6) is 0.829. The van der Waals surface area contributed by atoms with Crippen LogP contribution in [-0.2, 0) is 0 Å². The van der Waals surface area contributed by atoms with Crippen molar-refractivity contribution in [3.63, 3.8) is 0 Å². The van der Waals surface area contributed by atoms with E-state index in [1.54, 1.807) is 30.7 Å². The van der Waals surface area contributed by atoms with Crippen molar-refractivity contribution in [1.29, 1.82) is 0 Å². The van der Waals surface area contributed by atoms with E-state index in [0.717, 1.165) is 5.39 Å². The van der Waals surface area contributed by atoms with Crippen LogP contribution in [-0.4, -0.2) is 12.9 Å². The third kappa shape index (κ3) is 2.25. The summed E-state index contributed by atoms with van der Waals surface area (Å²) in [6.07, 6.45) is 0. The van der Waals surface area contributed by atoms with Gasteiger partial charge in [0.2, 0.25) is 5.78 Å². The summed E-state index contributed by atoms with van der Waals surface area (Å²) in [4.78, 5) is 12.2. The number of hydrogen-bond donors (Lipinski definition) is 0. The van der Waals surface area contributed by atoms with Gasteiger partial charge >= 0.3 is 0 Å². The maximum absolute atomic E-state index is 12.2. The second-order valence-corrected chi connectivity index (χ2v) is 5.53. The van der Waals surface area contributed by atoms with Crippen molar-refractivity contribution in [3.05, 3.63) is 51.4 Å². The number of halogens is 1. The smallest absolute Gasteiger partial charge is 0.229 e. The molecule has 5 heteroatoms. The van der Waals surface area contributed by atoms with Crippen LogP contribution in [0.5, 0.6) is 5.75 Å². The molecule has 2 aromatic heterocycles. The summed E-state index contributed by atoms with van der Waals surface area (Å²) in [7, 11) is 1.59. The number of carbonyl (C=O) groups excluding carboxylic acids is 1. The zero-order valence-electron chi connectivity index (χ0n) is 9.98. The van der Waals surface area contributed by atoms with Gasteiger partial charge in [0.05, 0.1) is 11.4 Å². The maximum Gasteiger partial charge on any atom is 0.229 e.